The van der Waals surface area contributed by atoms with E-state index in [1.54, 1.807) is 11.3 Å². The largest absolute Gasteiger partial charge is 0.417 e. The maximum atomic E-state index is 12.4. The monoisotopic (exact) mass is 350 g/mol. The van der Waals surface area contributed by atoms with Crippen LogP contribution in [0.5, 0.6) is 0 Å². The fourth-order valence-electron chi connectivity index (χ4n) is 1.57. The van der Waals surface area contributed by atoms with Gasteiger partial charge in [-0.1, -0.05) is 0 Å². The van der Waals surface area contributed by atoms with Crippen LogP contribution in [0, 0.1) is 0 Å². The molecule has 0 amide bonds. The number of hydrogen-bond acceptors (Lipinski definition) is 3. The van der Waals surface area contributed by atoms with Crippen molar-refractivity contribution in [3.63, 3.8) is 0 Å². The van der Waals surface area contributed by atoms with Crippen molar-refractivity contribution in [1.82, 2.24) is 4.98 Å². The molecule has 7 heteroatoms. The van der Waals surface area contributed by atoms with E-state index in [1.165, 1.54) is 6.07 Å². The second kappa shape index (κ2) is 5.60. The minimum absolute atomic E-state index is 0.409. The van der Waals surface area contributed by atoms with Crippen molar-refractivity contribution in [2.24, 2.45) is 5.73 Å². The molecular weight excluding hydrogens is 341 g/mol. The van der Waals surface area contributed by atoms with Crippen LogP contribution in [0.1, 0.15) is 22.2 Å². The smallest absolute Gasteiger partial charge is 0.322 e. The van der Waals surface area contributed by atoms with Crippen LogP contribution in [0.4, 0.5) is 13.2 Å². The Morgan fingerprint density at radius 1 is 1.37 bits per heavy atom. The van der Waals surface area contributed by atoms with Gasteiger partial charge in [-0.15, -0.1) is 11.3 Å². The van der Waals surface area contributed by atoms with Crippen LogP contribution in [-0.2, 0) is 12.6 Å². The summed E-state index contributed by atoms with van der Waals surface area (Å²) in [6, 6.07) is 3.87. The van der Waals surface area contributed by atoms with Crippen molar-refractivity contribution in [2.75, 3.05) is 0 Å². The van der Waals surface area contributed by atoms with Gasteiger partial charge in [0.05, 0.1) is 17.3 Å². The quantitative estimate of drug-likeness (QED) is 0.902. The molecule has 19 heavy (non-hydrogen) atoms. The Balaban J connectivity index is 2.09. The lowest BCUT2D eigenvalue weighted by molar-refractivity contribution is -0.137. The van der Waals surface area contributed by atoms with Gasteiger partial charge < -0.3 is 5.73 Å². The molecule has 0 spiro atoms. The highest BCUT2D eigenvalue weighted by atomic mass is 79.9. The Labute approximate surface area is 120 Å². The Morgan fingerprint density at radius 3 is 2.58 bits per heavy atom. The van der Waals surface area contributed by atoms with Crippen LogP contribution in [0.15, 0.2) is 34.2 Å². The van der Waals surface area contributed by atoms with Gasteiger partial charge in [-0.2, -0.15) is 13.2 Å². The standard InChI is InChI=1S/C12H10BrF3N2S/c13-8-3-9(19-6-8)4-10(17)11-2-1-7(5-18-11)12(14,15)16/h1-3,5-6,10H,4,17H2. The SMILES string of the molecule is NC(Cc1cc(Br)cs1)c1ccc(C(F)(F)F)cn1. The fourth-order valence-corrected chi connectivity index (χ4v) is 3.09. The van der Waals surface area contributed by atoms with E-state index in [1.807, 2.05) is 11.4 Å². The van der Waals surface area contributed by atoms with Crippen molar-refractivity contribution < 1.29 is 13.2 Å². The number of alkyl halides is 3. The lowest BCUT2D eigenvalue weighted by Crippen LogP contribution is -2.15. The molecule has 1 atom stereocenters. The van der Waals surface area contributed by atoms with Gasteiger partial charge >= 0.3 is 6.18 Å². The first kappa shape index (κ1) is 14.5. The van der Waals surface area contributed by atoms with Crippen LogP contribution in [-0.4, -0.2) is 4.98 Å². The molecule has 2 aromatic rings. The van der Waals surface area contributed by atoms with Crippen molar-refractivity contribution in [3.8, 4) is 0 Å². The van der Waals surface area contributed by atoms with Gasteiger partial charge in [-0.25, -0.2) is 0 Å². The number of thiophene rings is 1. The second-order valence-corrected chi connectivity index (χ2v) is 5.92. The normalized spacial score (nSPS) is 13.5. The van der Waals surface area contributed by atoms with Crippen LogP contribution in [0.25, 0.3) is 0 Å². The van der Waals surface area contributed by atoms with Gasteiger partial charge in [0, 0.05) is 27.3 Å². The third-order valence-electron chi connectivity index (χ3n) is 2.54. The Morgan fingerprint density at radius 2 is 2.11 bits per heavy atom. The van der Waals surface area contributed by atoms with E-state index in [4.69, 9.17) is 5.73 Å². The number of nitrogens with zero attached hydrogens (tertiary/aromatic N) is 1. The molecule has 0 aliphatic heterocycles. The van der Waals surface area contributed by atoms with Crippen LogP contribution >= 0.6 is 27.3 Å². The molecular formula is C12H10BrF3N2S. The second-order valence-electron chi connectivity index (χ2n) is 4.01. The van der Waals surface area contributed by atoms with Crippen molar-refractivity contribution >= 4 is 27.3 Å². The summed E-state index contributed by atoms with van der Waals surface area (Å²) in [5.74, 6) is 0. The van der Waals surface area contributed by atoms with E-state index < -0.39 is 17.8 Å². The molecule has 2 aromatic heterocycles. The molecule has 0 radical (unpaired) electrons. The maximum Gasteiger partial charge on any atom is 0.417 e. The average Bonchev–Trinajstić information content (AvgIpc) is 2.74. The first-order valence-electron chi connectivity index (χ1n) is 5.38. The van der Waals surface area contributed by atoms with E-state index in [9.17, 15) is 13.2 Å². The summed E-state index contributed by atoms with van der Waals surface area (Å²) in [6.07, 6.45) is -3.00. The fraction of sp³-hybridized carbons (Fsp3) is 0.250. The average molecular weight is 351 g/mol. The van der Waals surface area contributed by atoms with Gasteiger partial charge in [0.15, 0.2) is 0 Å². The summed E-state index contributed by atoms with van der Waals surface area (Å²) in [4.78, 5) is 4.85. The molecule has 0 aliphatic carbocycles. The first-order valence-corrected chi connectivity index (χ1v) is 7.05. The van der Waals surface area contributed by atoms with E-state index in [-0.39, 0.29) is 0 Å². The molecule has 0 aliphatic rings. The summed E-state index contributed by atoms with van der Waals surface area (Å²) in [5, 5.41) is 1.93. The topological polar surface area (TPSA) is 38.9 Å². The Kier molecular flexibility index (Phi) is 4.27. The minimum Gasteiger partial charge on any atom is -0.322 e. The highest BCUT2D eigenvalue weighted by Gasteiger charge is 2.30. The number of rotatable bonds is 3. The molecule has 1 unspecified atom stereocenters. The molecule has 0 saturated heterocycles. The molecule has 0 saturated carbocycles. The van der Waals surface area contributed by atoms with Gasteiger partial charge in [0.1, 0.15) is 0 Å². The van der Waals surface area contributed by atoms with Crippen LogP contribution < -0.4 is 5.73 Å². The van der Waals surface area contributed by atoms with E-state index in [0.717, 1.165) is 21.6 Å². The molecule has 2 N–H and O–H groups in total. The highest BCUT2D eigenvalue weighted by Crippen LogP contribution is 2.29. The summed E-state index contributed by atoms with van der Waals surface area (Å²) in [7, 11) is 0. The number of aromatic nitrogens is 1. The number of nitrogens with two attached hydrogens (primary N) is 1. The van der Waals surface area contributed by atoms with E-state index >= 15 is 0 Å². The van der Waals surface area contributed by atoms with Crippen molar-refractivity contribution in [1.29, 1.82) is 0 Å². The molecule has 2 rings (SSSR count). The third kappa shape index (κ3) is 3.77. The Bertz CT molecular complexity index is 551. The van der Waals surface area contributed by atoms with Crippen molar-refractivity contribution in [3.05, 3.63) is 50.4 Å². The first-order chi connectivity index (χ1) is 8.86. The zero-order valence-corrected chi connectivity index (χ0v) is 12.0. The molecule has 2 nitrogen and oxygen atoms in total. The van der Waals surface area contributed by atoms with E-state index in [0.29, 0.717) is 12.1 Å². The molecule has 0 aromatic carbocycles. The van der Waals surface area contributed by atoms with E-state index in [2.05, 4.69) is 20.9 Å². The lowest BCUT2D eigenvalue weighted by Gasteiger charge is -2.11. The van der Waals surface area contributed by atoms with Gasteiger partial charge in [0.2, 0.25) is 0 Å². The maximum absolute atomic E-state index is 12.4. The van der Waals surface area contributed by atoms with Gasteiger partial charge in [-0.3, -0.25) is 4.98 Å². The zero-order valence-electron chi connectivity index (χ0n) is 9.62. The molecule has 0 fully saturated rings. The summed E-state index contributed by atoms with van der Waals surface area (Å²) in [5.41, 5.74) is 5.64. The zero-order chi connectivity index (χ0) is 14.0. The molecule has 2 heterocycles. The van der Waals surface area contributed by atoms with Crippen LogP contribution in [0.3, 0.4) is 0 Å². The third-order valence-corrected chi connectivity index (χ3v) is 4.26. The summed E-state index contributed by atoms with van der Waals surface area (Å²) < 4.78 is 38.2. The van der Waals surface area contributed by atoms with Gasteiger partial charge in [0.25, 0.3) is 0 Å². The number of hydrogen-bond donors (Lipinski definition) is 1. The van der Waals surface area contributed by atoms with Crippen molar-refractivity contribution in [2.45, 2.75) is 18.6 Å². The molecule has 0 bridgehead atoms. The predicted molar refractivity (Wildman–Crippen MR) is 71.9 cm³/mol. The summed E-state index contributed by atoms with van der Waals surface area (Å²) in [6.45, 7) is 0. The predicted octanol–water partition coefficient (Wildman–Crippen LogP) is 4.17. The van der Waals surface area contributed by atoms with Crippen LogP contribution in [0.2, 0.25) is 0 Å². The molecule has 102 valence electrons. The number of pyridine rings is 1. The Hall–Kier alpha value is -0.920. The lowest BCUT2D eigenvalue weighted by atomic mass is 10.1. The minimum atomic E-state index is -4.37. The van der Waals surface area contributed by atoms with Gasteiger partial charge in [-0.05, 0) is 34.1 Å². The number of halogens is 4. The summed E-state index contributed by atoms with van der Waals surface area (Å²) >= 11 is 4.88. The highest BCUT2D eigenvalue weighted by molar-refractivity contribution is 9.10.